The second-order valence-electron chi connectivity index (χ2n) is 4.45. The van der Waals surface area contributed by atoms with Gasteiger partial charge in [-0.25, -0.2) is 9.18 Å². The Bertz CT molecular complexity index is 444. The van der Waals surface area contributed by atoms with Gasteiger partial charge < -0.3 is 10.5 Å². The molecule has 0 aliphatic heterocycles. The normalized spacial score (nSPS) is 11.1. The molecule has 0 aliphatic rings. The maximum atomic E-state index is 13.4. The van der Waals surface area contributed by atoms with Gasteiger partial charge in [-0.3, -0.25) is 5.32 Å². The SMILES string of the molecule is CC(C)(C)OC(=O)Nc1c(F)ccc(N)c1Cl. The van der Waals surface area contributed by atoms with E-state index < -0.39 is 17.5 Å². The van der Waals surface area contributed by atoms with Crippen LogP contribution in [-0.2, 0) is 4.74 Å². The highest BCUT2D eigenvalue weighted by atomic mass is 35.5. The third-order valence-electron chi connectivity index (χ3n) is 1.75. The van der Waals surface area contributed by atoms with E-state index in [9.17, 15) is 9.18 Å². The average Bonchev–Trinajstić information content (AvgIpc) is 2.16. The minimum atomic E-state index is -0.788. The highest BCUT2D eigenvalue weighted by Crippen LogP contribution is 2.30. The van der Waals surface area contributed by atoms with E-state index in [1.54, 1.807) is 20.8 Å². The Morgan fingerprint density at radius 2 is 2.06 bits per heavy atom. The highest BCUT2D eigenvalue weighted by Gasteiger charge is 2.19. The molecule has 1 aromatic rings. The van der Waals surface area contributed by atoms with Crippen molar-refractivity contribution in [2.24, 2.45) is 0 Å². The summed E-state index contributed by atoms with van der Waals surface area (Å²) in [7, 11) is 0. The zero-order chi connectivity index (χ0) is 13.2. The van der Waals surface area contributed by atoms with Crippen molar-refractivity contribution >= 4 is 29.1 Å². The molecule has 0 fully saturated rings. The fraction of sp³-hybridized carbons (Fsp3) is 0.364. The lowest BCUT2D eigenvalue weighted by Crippen LogP contribution is -2.27. The number of amides is 1. The summed E-state index contributed by atoms with van der Waals surface area (Å²) in [6.07, 6.45) is -0.788. The first-order chi connectivity index (χ1) is 7.70. The molecule has 1 amide bonds. The van der Waals surface area contributed by atoms with Gasteiger partial charge in [0.2, 0.25) is 0 Å². The first-order valence-corrected chi connectivity index (χ1v) is 5.32. The minimum absolute atomic E-state index is 0.0455. The maximum Gasteiger partial charge on any atom is 0.412 e. The summed E-state index contributed by atoms with van der Waals surface area (Å²) in [6, 6.07) is 2.44. The van der Waals surface area contributed by atoms with Gasteiger partial charge in [0.05, 0.1) is 10.7 Å². The van der Waals surface area contributed by atoms with E-state index in [4.69, 9.17) is 22.1 Å². The Morgan fingerprint density at radius 3 is 2.59 bits per heavy atom. The summed E-state index contributed by atoms with van der Waals surface area (Å²) in [4.78, 5) is 11.4. The molecule has 0 unspecified atom stereocenters. The molecule has 0 heterocycles. The smallest absolute Gasteiger partial charge is 0.412 e. The number of carbonyl (C=O) groups excluding carboxylic acids is 1. The van der Waals surface area contributed by atoms with Crippen LogP contribution in [0.1, 0.15) is 20.8 Å². The lowest BCUT2D eigenvalue weighted by atomic mass is 10.2. The number of ether oxygens (including phenoxy) is 1. The molecule has 0 aliphatic carbocycles. The lowest BCUT2D eigenvalue weighted by molar-refractivity contribution is 0.0635. The average molecular weight is 261 g/mol. The molecule has 0 atom stereocenters. The van der Waals surface area contributed by atoms with Gasteiger partial charge in [0.15, 0.2) is 0 Å². The molecule has 1 aromatic carbocycles. The van der Waals surface area contributed by atoms with Crippen LogP contribution in [0.4, 0.5) is 20.6 Å². The van der Waals surface area contributed by atoms with Gasteiger partial charge in [-0.2, -0.15) is 0 Å². The molecule has 1 rings (SSSR count). The van der Waals surface area contributed by atoms with E-state index in [-0.39, 0.29) is 16.4 Å². The number of anilines is 2. The molecule has 0 saturated heterocycles. The van der Waals surface area contributed by atoms with Crippen molar-refractivity contribution in [3.8, 4) is 0 Å². The van der Waals surface area contributed by atoms with Gasteiger partial charge in [0, 0.05) is 0 Å². The van der Waals surface area contributed by atoms with Crippen LogP contribution in [0.5, 0.6) is 0 Å². The molecular weight excluding hydrogens is 247 g/mol. The maximum absolute atomic E-state index is 13.4. The van der Waals surface area contributed by atoms with Crippen LogP contribution in [0.25, 0.3) is 0 Å². The topological polar surface area (TPSA) is 64.3 Å². The zero-order valence-electron chi connectivity index (χ0n) is 9.80. The number of carbonyl (C=O) groups is 1. The number of nitrogens with two attached hydrogens (primary N) is 1. The number of hydrogen-bond acceptors (Lipinski definition) is 3. The van der Waals surface area contributed by atoms with E-state index >= 15 is 0 Å². The Labute approximate surface area is 104 Å². The van der Waals surface area contributed by atoms with E-state index in [1.807, 2.05) is 0 Å². The molecule has 0 saturated carbocycles. The Balaban J connectivity index is 2.89. The molecule has 0 spiro atoms. The molecule has 17 heavy (non-hydrogen) atoms. The molecule has 3 N–H and O–H groups in total. The van der Waals surface area contributed by atoms with Gasteiger partial charge in [-0.05, 0) is 32.9 Å². The summed E-state index contributed by atoms with van der Waals surface area (Å²) in [5, 5.41) is 2.18. The second kappa shape index (κ2) is 4.79. The predicted molar refractivity (Wildman–Crippen MR) is 65.7 cm³/mol. The van der Waals surface area contributed by atoms with Crippen molar-refractivity contribution in [1.82, 2.24) is 0 Å². The summed E-state index contributed by atoms with van der Waals surface area (Å²) in [5.41, 5.74) is 4.83. The van der Waals surface area contributed by atoms with Crippen molar-refractivity contribution in [3.05, 3.63) is 23.0 Å². The number of benzene rings is 1. The summed E-state index contributed by atoms with van der Waals surface area (Å²) in [5.74, 6) is -0.671. The third-order valence-corrected chi connectivity index (χ3v) is 2.15. The number of halogens is 2. The highest BCUT2D eigenvalue weighted by molar-refractivity contribution is 6.36. The van der Waals surface area contributed by atoms with Crippen molar-refractivity contribution in [3.63, 3.8) is 0 Å². The van der Waals surface area contributed by atoms with Crippen LogP contribution in [0.3, 0.4) is 0 Å². The quantitative estimate of drug-likeness (QED) is 0.761. The van der Waals surface area contributed by atoms with E-state index in [1.165, 1.54) is 6.07 Å². The lowest BCUT2D eigenvalue weighted by Gasteiger charge is -2.20. The monoisotopic (exact) mass is 260 g/mol. The molecule has 6 heteroatoms. The zero-order valence-corrected chi connectivity index (χ0v) is 10.6. The molecular formula is C11H14ClFN2O2. The molecule has 4 nitrogen and oxygen atoms in total. The fourth-order valence-corrected chi connectivity index (χ4v) is 1.29. The number of rotatable bonds is 1. The van der Waals surface area contributed by atoms with Gasteiger partial charge in [-0.1, -0.05) is 11.6 Å². The van der Waals surface area contributed by atoms with E-state index in [0.717, 1.165) is 6.07 Å². The van der Waals surface area contributed by atoms with Gasteiger partial charge in [-0.15, -0.1) is 0 Å². The van der Waals surface area contributed by atoms with E-state index in [0.29, 0.717) is 0 Å². The summed E-state index contributed by atoms with van der Waals surface area (Å²) in [6.45, 7) is 5.09. The molecule has 0 bridgehead atoms. The molecule has 94 valence electrons. The molecule has 0 radical (unpaired) electrons. The van der Waals surface area contributed by atoms with Crippen LogP contribution < -0.4 is 11.1 Å². The first-order valence-electron chi connectivity index (χ1n) is 4.94. The van der Waals surface area contributed by atoms with Crippen LogP contribution in [0.15, 0.2) is 12.1 Å². The Hall–Kier alpha value is -1.49. The van der Waals surface area contributed by atoms with Crippen LogP contribution >= 0.6 is 11.6 Å². The van der Waals surface area contributed by atoms with Crippen molar-refractivity contribution in [2.45, 2.75) is 26.4 Å². The van der Waals surface area contributed by atoms with Gasteiger partial charge in [0.1, 0.15) is 17.1 Å². The predicted octanol–water partition coefficient (Wildman–Crippen LogP) is 3.41. The van der Waals surface area contributed by atoms with E-state index in [2.05, 4.69) is 5.32 Å². The largest absolute Gasteiger partial charge is 0.444 e. The number of nitrogens with one attached hydrogen (secondary N) is 1. The van der Waals surface area contributed by atoms with Crippen molar-refractivity contribution < 1.29 is 13.9 Å². The Kier molecular flexibility index (Phi) is 3.83. The fourth-order valence-electron chi connectivity index (χ4n) is 1.09. The number of hydrogen-bond donors (Lipinski definition) is 2. The van der Waals surface area contributed by atoms with Crippen molar-refractivity contribution in [1.29, 1.82) is 0 Å². The number of nitrogen functional groups attached to an aromatic ring is 1. The van der Waals surface area contributed by atoms with Crippen LogP contribution in [0, 0.1) is 5.82 Å². The third kappa shape index (κ3) is 3.78. The standard InChI is InChI=1S/C11H14ClFN2O2/c1-11(2,3)17-10(16)15-9-6(13)4-5-7(14)8(9)12/h4-5H,14H2,1-3H3,(H,15,16). The van der Waals surface area contributed by atoms with Crippen LogP contribution in [-0.4, -0.2) is 11.7 Å². The van der Waals surface area contributed by atoms with Crippen molar-refractivity contribution in [2.75, 3.05) is 11.1 Å². The first kappa shape index (κ1) is 13.6. The molecule has 0 aromatic heterocycles. The van der Waals surface area contributed by atoms with Crippen LogP contribution in [0.2, 0.25) is 5.02 Å². The van der Waals surface area contributed by atoms with Gasteiger partial charge >= 0.3 is 6.09 Å². The Morgan fingerprint density at radius 1 is 1.47 bits per heavy atom. The summed E-state index contributed by atoms with van der Waals surface area (Å²) < 4.78 is 18.4. The summed E-state index contributed by atoms with van der Waals surface area (Å²) >= 11 is 5.78. The second-order valence-corrected chi connectivity index (χ2v) is 4.83. The van der Waals surface area contributed by atoms with Gasteiger partial charge in [0.25, 0.3) is 0 Å². The minimum Gasteiger partial charge on any atom is -0.444 e.